The lowest BCUT2D eigenvalue weighted by Gasteiger charge is -2.26. The Kier molecular flexibility index (Phi) is 51.4. The zero-order valence-corrected chi connectivity index (χ0v) is 61.0. The molecule has 1 N–H and O–H groups in total. The van der Waals surface area contributed by atoms with Crippen molar-refractivity contribution in [3.8, 4) is 0 Å². The molecule has 0 spiro atoms. The maximum absolute atomic E-state index is 13.7. The maximum atomic E-state index is 13.7. The molecule has 574 valence electrons. The number of Topliss-reactive ketones (excluding diaryl/α,β-unsaturated/α-hetero) is 2. The highest BCUT2D eigenvalue weighted by Crippen LogP contribution is 2.28. The van der Waals surface area contributed by atoms with Gasteiger partial charge in [-0.25, -0.2) is 0 Å². The molecule has 100 heavy (non-hydrogen) atoms. The molecule has 0 unspecified atom stereocenters. The van der Waals surface area contributed by atoms with Gasteiger partial charge >= 0.3 is 5.97 Å². The van der Waals surface area contributed by atoms with Crippen LogP contribution < -0.4 is 5.32 Å². The zero-order valence-electron chi connectivity index (χ0n) is 61.0. The summed E-state index contributed by atoms with van der Waals surface area (Å²) in [5, 5.41) is 2.82. The molecule has 2 heterocycles. The maximum Gasteiger partial charge on any atom is 0.311 e. The Labute approximate surface area is 592 Å². The van der Waals surface area contributed by atoms with E-state index in [0.717, 1.165) is 28.2 Å². The molecule has 1 fully saturated rings. The van der Waals surface area contributed by atoms with Gasteiger partial charge in [-0.1, -0.05) is 32.0 Å². The van der Waals surface area contributed by atoms with Gasteiger partial charge in [0, 0.05) is 57.7 Å². The molecule has 3 rings (SSSR count). The Morgan fingerprint density at radius 3 is 1.26 bits per heavy atom. The van der Waals surface area contributed by atoms with E-state index in [0.29, 0.717) is 243 Å². The number of nitrogens with one attached hydrogen (secondary N) is 1. The highest BCUT2D eigenvalue weighted by molar-refractivity contribution is 6.15. The Balaban J connectivity index is 1.13. The van der Waals surface area contributed by atoms with Crippen LogP contribution in [0.4, 0.5) is 0 Å². The fourth-order valence-corrected chi connectivity index (χ4v) is 9.73. The van der Waals surface area contributed by atoms with Crippen LogP contribution in [0.2, 0.25) is 0 Å². The first-order chi connectivity index (χ1) is 48.5. The molecule has 29 heteroatoms. The minimum absolute atomic E-state index is 0.00659. The van der Waals surface area contributed by atoms with Crippen LogP contribution in [0.1, 0.15) is 84.4 Å². The highest BCUT2D eigenvalue weighted by atomic mass is 16.6. The number of ketones is 2. The number of benzene rings is 1. The number of methoxy groups -OCH3 is 1. The molecule has 0 bridgehead atoms. The topological polar surface area (TPSA) is 313 Å². The van der Waals surface area contributed by atoms with Gasteiger partial charge in [0.25, 0.3) is 11.8 Å². The number of amides is 4. The van der Waals surface area contributed by atoms with Crippen LogP contribution >= 0.6 is 0 Å². The lowest BCUT2D eigenvalue weighted by Crippen LogP contribution is -2.47. The van der Waals surface area contributed by atoms with E-state index in [1.54, 1.807) is 55.6 Å². The molecule has 2 aliphatic heterocycles. The molecule has 4 atom stereocenters. The summed E-state index contributed by atoms with van der Waals surface area (Å²) in [6.07, 6.45) is 3.37. The Morgan fingerprint density at radius 2 is 0.900 bits per heavy atom. The normalized spacial score (nSPS) is 15.5. The van der Waals surface area contributed by atoms with Crippen LogP contribution in [0.5, 0.6) is 0 Å². The van der Waals surface area contributed by atoms with Crippen LogP contribution in [0, 0.1) is 17.3 Å². The molecule has 0 saturated carbocycles. The van der Waals surface area contributed by atoms with Crippen LogP contribution in [-0.4, -0.2) is 314 Å². The zero-order chi connectivity index (χ0) is 72.7. The second kappa shape index (κ2) is 57.5. The third-order valence-corrected chi connectivity index (χ3v) is 15.3. The van der Waals surface area contributed by atoms with E-state index in [2.05, 4.69) is 5.32 Å². The van der Waals surface area contributed by atoms with Gasteiger partial charge in [-0.3, -0.25) is 38.5 Å². The Bertz CT molecular complexity index is 2380. The molecule has 0 aliphatic carbocycles. The third kappa shape index (κ3) is 42.0. The van der Waals surface area contributed by atoms with Crippen molar-refractivity contribution in [2.24, 2.45) is 17.3 Å². The molecule has 4 amide bonds. The minimum Gasteiger partial charge on any atom is -0.460 e. The Morgan fingerprint density at radius 1 is 0.520 bits per heavy atom. The van der Waals surface area contributed by atoms with Crippen molar-refractivity contribution in [1.29, 1.82) is 0 Å². The monoisotopic (exact) mass is 1430 g/mol. The summed E-state index contributed by atoms with van der Waals surface area (Å²) >= 11 is 0. The summed E-state index contributed by atoms with van der Waals surface area (Å²) < 4.78 is 105. The SMILES string of the molecule is CCOC[C@@H]1C[C@H](N2C(=O)C=CC2=O)C(=O)N1CC(=O)C[C@H](C(=O)N[C@@H](C)C(=O)Cc1ccc(COC(=O)C(C)(C)C)c(CCCOCCOCCOCCOCCOCCOCCOCCOCCOCCOCCOCCOCCOCCOCCOCCOCCOC)c1)C(C)C. The number of rotatable bonds is 68. The van der Waals surface area contributed by atoms with E-state index < -0.39 is 53.1 Å². The summed E-state index contributed by atoms with van der Waals surface area (Å²) in [7, 11) is 1.64. The third-order valence-electron chi connectivity index (χ3n) is 15.3. The van der Waals surface area contributed by atoms with Crippen LogP contribution in [0.3, 0.4) is 0 Å². The summed E-state index contributed by atoms with van der Waals surface area (Å²) in [5.41, 5.74) is 1.71. The van der Waals surface area contributed by atoms with Gasteiger partial charge in [0.05, 0.1) is 242 Å². The second-order valence-corrected chi connectivity index (χ2v) is 24.7. The number of nitrogens with zero attached hydrogens (tertiary/aromatic N) is 2. The number of ether oxygens (including phenoxy) is 19. The number of hydrogen-bond donors (Lipinski definition) is 1. The van der Waals surface area contributed by atoms with Gasteiger partial charge in [0.15, 0.2) is 11.6 Å². The Hall–Kier alpha value is -4.87. The molecular weight excluding hydrogens is 1310 g/mol. The second-order valence-electron chi connectivity index (χ2n) is 24.7. The first-order valence-corrected chi connectivity index (χ1v) is 35.3. The average molecular weight is 1430 g/mol. The van der Waals surface area contributed by atoms with Gasteiger partial charge in [-0.2, -0.15) is 0 Å². The van der Waals surface area contributed by atoms with Crippen LogP contribution in [-0.2, 0) is 143 Å². The average Bonchev–Trinajstić information content (AvgIpc) is 1.63. The van der Waals surface area contributed by atoms with Crippen molar-refractivity contribution in [2.75, 3.05) is 245 Å². The molecule has 2 aliphatic rings. The molecule has 29 nitrogen and oxygen atoms in total. The quantitative estimate of drug-likeness (QED) is 0.0555. The molecule has 1 saturated heterocycles. The summed E-state index contributed by atoms with van der Waals surface area (Å²) in [6, 6.07) is 3.06. The number of imide groups is 1. The number of likely N-dealkylation sites (tertiary alicyclic amines) is 1. The van der Waals surface area contributed by atoms with Crippen molar-refractivity contribution >= 4 is 41.2 Å². The number of carbonyl (C=O) groups excluding carboxylic acids is 7. The van der Waals surface area contributed by atoms with Crippen molar-refractivity contribution < 1.29 is 124 Å². The van der Waals surface area contributed by atoms with Crippen molar-refractivity contribution in [1.82, 2.24) is 15.1 Å². The van der Waals surface area contributed by atoms with Gasteiger partial charge in [-0.05, 0) is 70.1 Å². The molecule has 1 aromatic carbocycles. The summed E-state index contributed by atoms with van der Waals surface area (Å²) in [6.45, 7) is 28.0. The number of carbonyl (C=O) groups is 7. The van der Waals surface area contributed by atoms with E-state index in [4.69, 9.17) is 90.0 Å². The minimum atomic E-state index is -1.06. The standard InChI is InChI=1S/C71H119N3O26/c1-9-83-55-61-51-64(74-66(77)14-15-67(74)78)69(80)73(61)53-62(75)52-63(56(2)3)68(79)72-57(4)65(76)50-58-12-13-60(54-100-70(81)71(5,6)7)59(49-58)11-10-16-84-19-20-86-23-24-88-27-28-90-31-32-92-35-36-94-39-40-96-43-44-98-47-48-99-46-45-97-42-41-95-38-37-93-34-33-91-30-29-89-26-25-87-22-21-85-18-17-82-8/h12-15,49,56-57,61,63-64H,9-11,16-48,50-55H2,1-8H3,(H,72,79)/t57-,61-,63-,64-/m0/s1. The fraction of sp³-hybridized carbons (Fsp3) is 0.789. The van der Waals surface area contributed by atoms with E-state index in [-0.39, 0.29) is 62.5 Å². The van der Waals surface area contributed by atoms with Gasteiger partial charge < -0.3 is 100 Å². The first kappa shape index (κ1) is 89.3. The summed E-state index contributed by atoms with van der Waals surface area (Å²) in [4.78, 5) is 94.5. The van der Waals surface area contributed by atoms with Crippen molar-refractivity contribution in [2.45, 2.75) is 105 Å². The predicted molar refractivity (Wildman–Crippen MR) is 365 cm³/mol. The molecule has 0 radical (unpaired) electrons. The molecule has 1 aromatic rings. The number of hydrogen-bond acceptors (Lipinski definition) is 26. The van der Waals surface area contributed by atoms with Gasteiger partial charge in [0.2, 0.25) is 11.8 Å². The van der Waals surface area contributed by atoms with Crippen LogP contribution in [0.25, 0.3) is 0 Å². The number of aryl methyl sites for hydroxylation is 1. The van der Waals surface area contributed by atoms with E-state index in [1.165, 1.54) is 4.90 Å². The van der Waals surface area contributed by atoms with Gasteiger partial charge in [-0.15, -0.1) is 0 Å². The van der Waals surface area contributed by atoms with Crippen molar-refractivity contribution in [3.05, 3.63) is 47.0 Å². The van der Waals surface area contributed by atoms with Crippen molar-refractivity contribution in [3.63, 3.8) is 0 Å². The highest BCUT2D eigenvalue weighted by Gasteiger charge is 2.47. The smallest absolute Gasteiger partial charge is 0.311 e. The fourth-order valence-electron chi connectivity index (χ4n) is 9.73. The predicted octanol–water partition coefficient (Wildman–Crippen LogP) is 3.40. The van der Waals surface area contributed by atoms with E-state index in [9.17, 15) is 33.6 Å². The number of esters is 1. The molecule has 0 aromatic heterocycles. The lowest BCUT2D eigenvalue weighted by atomic mass is 9.89. The summed E-state index contributed by atoms with van der Waals surface area (Å²) in [5.74, 6) is -4.28. The largest absolute Gasteiger partial charge is 0.460 e. The first-order valence-electron chi connectivity index (χ1n) is 35.3. The lowest BCUT2D eigenvalue weighted by molar-refractivity contribution is -0.154. The van der Waals surface area contributed by atoms with E-state index >= 15 is 0 Å². The van der Waals surface area contributed by atoms with Gasteiger partial charge in [0.1, 0.15) is 12.6 Å². The van der Waals surface area contributed by atoms with E-state index in [1.807, 2.05) is 18.2 Å². The van der Waals surface area contributed by atoms with Crippen LogP contribution in [0.15, 0.2) is 30.4 Å². The molecular formula is C71H119N3O26.